The van der Waals surface area contributed by atoms with Crippen LogP contribution in [-0.2, 0) is 11.3 Å². The van der Waals surface area contributed by atoms with E-state index in [2.05, 4.69) is 15.5 Å². The van der Waals surface area contributed by atoms with Crippen LogP contribution in [0.15, 0.2) is 33.4 Å². The largest absolute Gasteiger partial charge is 0.467 e. The number of carbonyl (C=O) groups is 2. The van der Waals surface area contributed by atoms with Gasteiger partial charge in [-0.2, -0.15) is 0 Å². The Balaban J connectivity index is 1.57. The Morgan fingerprint density at radius 1 is 1.37 bits per heavy atom. The van der Waals surface area contributed by atoms with E-state index < -0.39 is 6.04 Å². The lowest BCUT2D eigenvalue weighted by molar-refractivity contribution is -0.125. The Morgan fingerprint density at radius 2 is 2.22 bits per heavy atom. The molecule has 3 aromatic heterocycles. The van der Waals surface area contributed by atoms with E-state index in [-0.39, 0.29) is 11.8 Å². The van der Waals surface area contributed by atoms with Crippen LogP contribution in [-0.4, -0.2) is 39.4 Å². The molecule has 0 aliphatic carbocycles. The first-order valence-corrected chi connectivity index (χ1v) is 8.89. The number of hydrogen-bond donors (Lipinski definition) is 1. The second-order valence-corrected chi connectivity index (χ2v) is 6.71. The zero-order valence-electron chi connectivity index (χ0n) is 15.2. The number of carbonyl (C=O) groups excluding carboxylic acids is 2. The van der Waals surface area contributed by atoms with Crippen molar-refractivity contribution in [1.82, 2.24) is 20.4 Å². The third-order valence-electron chi connectivity index (χ3n) is 4.81. The summed E-state index contributed by atoms with van der Waals surface area (Å²) in [5.41, 5.74) is 2.09. The molecule has 1 unspecified atom stereocenters. The van der Waals surface area contributed by atoms with Crippen molar-refractivity contribution in [2.75, 3.05) is 6.54 Å². The highest BCUT2D eigenvalue weighted by molar-refractivity contribution is 6.07. The summed E-state index contributed by atoms with van der Waals surface area (Å²) in [6.07, 6.45) is 2.97. The summed E-state index contributed by atoms with van der Waals surface area (Å²) in [6, 6.07) is 4.79. The predicted molar refractivity (Wildman–Crippen MR) is 95.9 cm³/mol. The summed E-state index contributed by atoms with van der Waals surface area (Å²) < 4.78 is 10.5. The van der Waals surface area contributed by atoms with Crippen molar-refractivity contribution < 1.29 is 18.5 Å². The lowest BCUT2D eigenvalue weighted by Crippen LogP contribution is -2.45. The van der Waals surface area contributed by atoms with Gasteiger partial charge < -0.3 is 19.2 Å². The number of amides is 2. The number of hydrogen-bond acceptors (Lipinski definition) is 6. The maximum Gasteiger partial charge on any atom is 0.258 e. The molecule has 0 saturated carbocycles. The lowest BCUT2D eigenvalue weighted by Gasteiger charge is -2.24. The first-order chi connectivity index (χ1) is 13.0. The zero-order valence-corrected chi connectivity index (χ0v) is 15.2. The molecule has 0 spiro atoms. The van der Waals surface area contributed by atoms with Crippen molar-refractivity contribution >= 4 is 22.9 Å². The van der Waals surface area contributed by atoms with Gasteiger partial charge in [-0.15, -0.1) is 0 Å². The average Bonchev–Trinajstić information content (AvgIpc) is 3.40. The van der Waals surface area contributed by atoms with E-state index in [0.717, 1.165) is 6.42 Å². The van der Waals surface area contributed by atoms with E-state index in [1.165, 1.54) is 0 Å². The molecule has 27 heavy (non-hydrogen) atoms. The van der Waals surface area contributed by atoms with E-state index >= 15 is 0 Å². The highest BCUT2D eigenvalue weighted by Gasteiger charge is 2.35. The Morgan fingerprint density at radius 3 is 3.00 bits per heavy atom. The number of furan rings is 1. The summed E-state index contributed by atoms with van der Waals surface area (Å²) in [5, 5.41) is 7.37. The molecule has 1 aliphatic heterocycles. The molecule has 0 aromatic carbocycles. The molecule has 1 atom stereocenters. The topological polar surface area (TPSA) is 101 Å². The lowest BCUT2D eigenvalue weighted by atomic mass is 10.1. The molecule has 1 saturated heterocycles. The fraction of sp³-hybridized carbons (Fsp3) is 0.368. The smallest absolute Gasteiger partial charge is 0.258 e. The maximum atomic E-state index is 13.2. The summed E-state index contributed by atoms with van der Waals surface area (Å²) in [6.45, 7) is 4.40. The third-order valence-corrected chi connectivity index (χ3v) is 4.81. The molecule has 1 N–H and O–H groups in total. The van der Waals surface area contributed by atoms with Crippen LogP contribution in [0.1, 0.15) is 40.3 Å². The SMILES string of the molecule is Cc1cc(C(=O)N2CCCC2C(=O)NCc2ccco2)c2c(C)noc2n1. The quantitative estimate of drug-likeness (QED) is 0.758. The van der Waals surface area contributed by atoms with Crippen LogP contribution in [0.3, 0.4) is 0 Å². The molecule has 0 bridgehead atoms. The van der Waals surface area contributed by atoms with Crippen LogP contribution in [0.5, 0.6) is 0 Å². The van der Waals surface area contributed by atoms with Gasteiger partial charge in [-0.3, -0.25) is 9.59 Å². The molecule has 4 heterocycles. The van der Waals surface area contributed by atoms with Crippen molar-refractivity contribution in [1.29, 1.82) is 0 Å². The van der Waals surface area contributed by atoms with Gasteiger partial charge >= 0.3 is 0 Å². The van der Waals surface area contributed by atoms with E-state index in [1.54, 1.807) is 43.2 Å². The van der Waals surface area contributed by atoms with Crippen molar-refractivity contribution in [3.8, 4) is 0 Å². The number of pyridine rings is 1. The van der Waals surface area contributed by atoms with Crippen LogP contribution in [0.2, 0.25) is 0 Å². The summed E-state index contributed by atoms with van der Waals surface area (Å²) >= 11 is 0. The number of aryl methyl sites for hydroxylation is 2. The highest BCUT2D eigenvalue weighted by atomic mass is 16.5. The number of nitrogens with one attached hydrogen (secondary N) is 1. The monoisotopic (exact) mass is 368 g/mol. The van der Waals surface area contributed by atoms with Crippen LogP contribution in [0.25, 0.3) is 11.1 Å². The van der Waals surface area contributed by atoms with Crippen LogP contribution < -0.4 is 5.32 Å². The molecular formula is C19H20N4O4. The molecule has 4 rings (SSSR count). The number of likely N-dealkylation sites (tertiary alicyclic amines) is 1. The predicted octanol–water partition coefficient (Wildman–Crippen LogP) is 2.35. The molecule has 2 amide bonds. The minimum absolute atomic E-state index is 0.179. The summed E-state index contributed by atoms with van der Waals surface area (Å²) in [7, 11) is 0. The van der Waals surface area contributed by atoms with E-state index in [1.807, 2.05) is 0 Å². The van der Waals surface area contributed by atoms with Crippen LogP contribution >= 0.6 is 0 Å². The van der Waals surface area contributed by atoms with Gasteiger partial charge in [0.25, 0.3) is 11.6 Å². The molecule has 1 aliphatic rings. The van der Waals surface area contributed by atoms with Gasteiger partial charge in [0.1, 0.15) is 11.8 Å². The van der Waals surface area contributed by atoms with Crippen molar-refractivity contribution in [2.24, 2.45) is 0 Å². The van der Waals surface area contributed by atoms with Gasteiger partial charge in [0.2, 0.25) is 5.91 Å². The zero-order chi connectivity index (χ0) is 19.0. The Bertz CT molecular complexity index is 993. The second kappa shape index (κ2) is 6.86. The number of fused-ring (bicyclic) bond motifs is 1. The minimum atomic E-state index is -0.504. The van der Waals surface area contributed by atoms with Gasteiger partial charge in [-0.1, -0.05) is 5.16 Å². The summed E-state index contributed by atoms with van der Waals surface area (Å²) in [5.74, 6) is 0.291. The Labute approximate surface area is 155 Å². The molecule has 8 heteroatoms. The average molecular weight is 368 g/mol. The number of aromatic nitrogens is 2. The van der Waals surface area contributed by atoms with Crippen LogP contribution in [0.4, 0.5) is 0 Å². The van der Waals surface area contributed by atoms with Crippen molar-refractivity contribution in [3.05, 3.63) is 47.2 Å². The number of nitrogens with zero attached hydrogens (tertiary/aromatic N) is 3. The third kappa shape index (κ3) is 3.18. The molecule has 140 valence electrons. The van der Waals surface area contributed by atoms with Gasteiger partial charge in [0.15, 0.2) is 0 Å². The fourth-order valence-electron chi connectivity index (χ4n) is 3.53. The normalized spacial score (nSPS) is 16.8. The molecular weight excluding hydrogens is 348 g/mol. The van der Waals surface area contributed by atoms with Crippen molar-refractivity contribution in [3.63, 3.8) is 0 Å². The molecule has 3 aromatic rings. The van der Waals surface area contributed by atoms with Crippen LogP contribution in [0, 0.1) is 13.8 Å². The molecule has 1 fully saturated rings. The first-order valence-electron chi connectivity index (χ1n) is 8.89. The van der Waals surface area contributed by atoms with E-state index in [9.17, 15) is 9.59 Å². The first kappa shape index (κ1) is 17.3. The second-order valence-electron chi connectivity index (χ2n) is 6.71. The highest BCUT2D eigenvalue weighted by Crippen LogP contribution is 2.27. The van der Waals surface area contributed by atoms with E-state index in [0.29, 0.717) is 53.3 Å². The summed E-state index contributed by atoms with van der Waals surface area (Å²) in [4.78, 5) is 31.8. The van der Waals surface area contributed by atoms with Gasteiger partial charge in [0, 0.05) is 12.2 Å². The Kier molecular flexibility index (Phi) is 4.39. The number of rotatable bonds is 4. The molecule has 8 nitrogen and oxygen atoms in total. The van der Waals surface area contributed by atoms with E-state index in [4.69, 9.17) is 8.94 Å². The Hall–Kier alpha value is -3.16. The molecule has 0 radical (unpaired) electrons. The van der Waals surface area contributed by atoms with Crippen molar-refractivity contribution in [2.45, 2.75) is 39.3 Å². The van der Waals surface area contributed by atoms with Gasteiger partial charge in [0.05, 0.1) is 29.5 Å². The van der Waals surface area contributed by atoms with Gasteiger partial charge in [-0.25, -0.2) is 4.98 Å². The minimum Gasteiger partial charge on any atom is -0.467 e. The fourth-order valence-corrected chi connectivity index (χ4v) is 3.53. The standard InChI is InChI=1S/C19H20N4O4/c1-11-9-14(16-12(2)22-27-18(16)21-11)19(25)23-7-3-6-15(23)17(24)20-10-13-5-4-8-26-13/h4-5,8-9,15H,3,6-7,10H2,1-2H3,(H,20,24). The maximum absolute atomic E-state index is 13.2. The van der Waals surface area contributed by atoms with Gasteiger partial charge in [-0.05, 0) is 44.9 Å².